The second kappa shape index (κ2) is 15.7. The number of ether oxygens (including phenoxy) is 1. The lowest BCUT2D eigenvalue weighted by Crippen LogP contribution is -2.48. The van der Waals surface area contributed by atoms with E-state index >= 15 is 0 Å². The summed E-state index contributed by atoms with van der Waals surface area (Å²) < 4.78 is 12.4. The van der Waals surface area contributed by atoms with Gasteiger partial charge in [0.15, 0.2) is 8.32 Å². The normalized spacial score (nSPS) is 20.7. The van der Waals surface area contributed by atoms with Crippen molar-refractivity contribution in [3.8, 4) is 11.3 Å². The molecule has 0 bridgehead atoms. The summed E-state index contributed by atoms with van der Waals surface area (Å²) in [6.45, 7) is 12.1. The number of halogens is 1. The van der Waals surface area contributed by atoms with Crippen molar-refractivity contribution in [2.75, 3.05) is 31.6 Å². The van der Waals surface area contributed by atoms with Gasteiger partial charge in [0.25, 0.3) is 17.7 Å². The molecule has 1 aromatic heterocycles. The van der Waals surface area contributed by atoms with E-state index in [1.165, 1.54) is 4.90 Å². The molecule has 3 atom stereocenters. The van der Waals surface area contributed by atoms with Crippen LogP contribution in [-0.2, 0) is 20.4 Å². The number of rotatable bonds is 11. The van der Waals surface area contributed by atoms with Crippen molar-refractivity contribution in [2.24, 2.45) is 0 Å². The highest BCUT2D eigenvalue weighted by molar-refractivity contribution is 6.74. The molecule has 4 aliphatic rings. The third kappa shape index (κ3) is 7.56. The van der Waals surface area contributed by atoms with Gasteiger partial charge in [-0.15, -0.1) is 0 Å². The van der Waals surface area contributed by atoms with Gasteiger partial charge in [-0.25, -0.2) is 9.97 Å². The van der Waals surface area contributed by atoms with Gasteiger partial charge in [0, 0.05) is 43.3 Å². The maximum Gasteiger partial charge on any atom is 0.261 e. The highest BCUT2D eigenvalue weighted by Crippen LogP contribution is 2.43. The lowest BCUT2D eigenvalue weighted by atomic mass is 9.98. The number of anilines is 1. The second-order valence-electron chi connectivity index (χ2n) is 17.1. The fourth-order valence-electron chi connectivity index (χ4n) is 8.26. The van der Waals surface area contributed by atoms with Gasteiger partial charge >= 0.3 is 0 Å². The van der Waals surface area contributed by atoms with Crippen LogP contribution in [0.15, 0.2) is 72.9 Å². The van der Waals surface area contributed by atoms with Crippen LogP contribution in [0.2, 0.25) is 23.2 Å². The summed E-state index contributed by atoms with van der Waals surface area (Å²) >= 11 is 6.67. The number of hydrogen-bond acceptors (Lipinski definition) is 9. The number of benzene rings is 3. The number of nitrogens with zero attached hydrogens (tertiary/aromatic N) is 4. The van der Waals surface area contributed by atoms with Crippen molar-refractivity contribution in [2.45, 2.75) is 88.8 Å². The monoisotopic (exact) mass is 820 g/mol. The van der Waals surface area contributed by atoms with Crippen molar-refractivity contribution >= 4 is 49.5 Å². The van der Waals surface area contributed by atoms with Gasteiger partial charge in [-0.1, -0.05) is 80.9 Å². The Morgan fingerprint density at radius 1 is 0.931 bits per heavy atom. The van der Waals surface area contributed by atoms with Crippen LogP contribution < -0.4 is 10.6 Å². The summed E-state index contributed by atoms with van der Waals surface area (Å²) in [7, 11) is -2.22. The van der Waals surface area contributed by atoms with Gasteiger partial charge < -0.3 is 24.7 Å². The van der Waals surface area contributed by atoms with E-state index in [1.54, 1.807) is 41.4 Å². The average molecular weight is 821 g/mol. The van der Waals surface area contributed by atoms with E-state index in [0.717, 1.165) is 24.0 Å². The first-order valence-electron chi connectivity index (χ1n) is 20.0. The molecule has 12 nitrogen and oxygen atoms in total. The third-order valence-corrected chi connectivity index (χ3v) is 17.2. The van der Waals surface area contributed by atoms with Crippen LogP contribution in [0.3, 0.4) is 0 Å². The van der Waals surface area contributed by atoms with Crippen molar-refractivity contribution < 1.29 is 28.3 Å². The number of imide groups is 1. The fourth-order valence-corrected chi connectivity index (χ4v) is 9.79. The molecular weight excluding hydrogens is 772 g/mol. The van der Waals surface area contributed by atoms with Crippen LogP contribution in [0.25, 0.3) is 11.3 Å². The van der Waals surface area contributed by atoms with E-state index in [1.807, 2.05) is 30.3 Å². The molecule has 8 rings (SSSR count). The Labute approximate surface area is 344 Å². The zero-order chi connectivity index (χ0) is 40.9. The summed E-state index contributed by atoms with van der Waals surface area (Å²) in [5.41, 5.74) is 5.02. The molecule has 3 aromatic carbocycles. The minimum atomic E-state index is -2.22. The molecule has 0 saturated carbocycles. The van der Waals surface area contributed by atoms with Crippen molar-refractivity contribution in [3.63, 3.8) is 0 Å². The zero-order valence-electron chi connectivity index (χ0n) is 33.5. The van der Waals surface area contributed by atoms with Gasteiger partial charge in [-0.2, -0.15) is 0 Å². The smallest absolute Gasteiger partial charge is 0.261 e. The first-order chi connectivity index (χ1) is 27.7. The van der Waals surface area contributed by atoms with Crippen molar-refractivity contribution in [1.29, 1.82) is 0 Å². The standard InChI is InChI=1S/C44H49ClN6O6Si/c1-44(2,3)58(4,5)57-36-23-26-10-6-7-11-29(26)39(36)48-37(52)25-51-35(16-19-50-40(53)31-12-8-9-13-32(31)41(50)54)30-15-14-27(22-33(30)42(51)55)38-34(45)24-46-43(49-38)47-28-17-20-56-21-18-28/h6-15,22,24,28,35-36,39H,16-21,23,25H2,1-5H3,(H,48,52)(H,46,47,49)/t35?,36-,39+/m1/s1. The SMILES string of the molecule is CC(C)(C)[Si](C)(C)O[C@@H]1Cc2ccccc2[C@@H]1NC(=O)CN1C(=O)c2cc(-c3nc(NC4CCOCC4)ncc3Cl)ccc2C1CCN1C(=O)c2ccccc2C1=O. The number of aromatic nitrogens is 2. The number of hydrogen-bond donors (Lipinski definition) is 2. The molecule has 2 N–H and O–H groups in total. The molecule has 4 aromatic rings. The summed E-state index contributed by atoms with van der Waals surface area (Å²) in [4.78, 5) is 67.4. The van der Waals surface area contributed by atoms with E-state index in [2.05, 4.69) is 55.5 Å². The Hall–Kier alpha value is -4.95. The third-order valence-electron chi connectivity index (χ3n) is 12.4. The van der Waals surface area contributed by atoms with E-state index in [-0.39, 0.29) is 60.3 Å². The maximum atomic E-state index is 14.5. The molecule has 58 heavy (non-hydrogen) atoms. The summed E-state index contributed by atoms with van der Waals surface area (Å²) in [6, 6.07) is 19.5. The van der Waals surface area contributed by atoms with Crippen LogP contribution in [0, 0.1) is 0 Å². The molecule has 14 heteroatoms. The zero-order valence-corrected chi connectivity index (χ0v) is 35.3. The molecular formula is C44H49ClN6O6Si. The molecule has 0 radical (unpaired) electrons. The predicted molar refractivity (Wildman–Crippen MR) is 223 cm³/mol. The second-order valence-corrected chi connectivity index (χ2v) is 22.3. The molecule has 302 valence electrons. The number of nitrogens with one attached hydrogen (secondary N) is 2. The lowest BCUT2D eigenvalue weighted by Gasteiger charge is -2.40. The Morgan fingerprint density at radius 3 is 2.33 bits per heavy atom. The maximum absolute atomic E-state index is 14.5. The molecule has 4 heterocycles. The van der Waals surface area contributed by atoms with Crippen molar-refractivity contribution in [1.82, 2.24) is 25.1 Å². The Balaban J connectivity index is 1.08. The van der Waals surface area contributed by atoms with E-state index < -0.39 is 20.4 Å². The van der Waals surface area contributed by atoms with E-state index in [0.29, 0.717) is 64.1 Å². The predicted octanol–water partition coefficient (Wildman–Crippen LogP) is 7.38. The van der Waals surface area contributed by atoms with Crippen molar-refractivity contribution in [3.05, 3.63) is 111 Å². The number of carbonyl (C=O) groups excluding carboxylic acids is 4. The molecule has 4 amide bonds. The summed E-state index contributed by atoms with van der Waals surface area (Å²) in [6.07, 6.45) is 3.85. The molecule has 1 fully saturated rings. The lowest BCUT2D eigenvalue weighted by molar-refractivity contribution is -0.123. The van der Waals surface area contributed by atoms with Gasteiger partial charge in [0.05, 0.1) is 46.2 Å². The minimum absolute atomic E-state index is 0.0332. The van der Waals surface area contributed by atoms with E-state index in [9.17, 15) is 19.2 Å². The number of amides is 4. The number of carbonyl (C=O) groups is 4. The van der Waals surface area contributed by atoms with Gasteiger partial charge in [0.1, 0.15) is 6.54 Å². The quantitative estimate of drug-likeness (QED) is 0.117. The minimum Gasteiger partial charge on any atom is -0.411 e. The number of fused-ring (bicyclic) bond motifs is 3. The highest BCUT2D eigenvalue weighted by Gasteiger charge is 2.45. The van der Waals surface area contributed by atoms with Crippen LogP contribution >= 0.6 is 11.6 Å². The molecule has 3 aliphatic heterocycles. The highest BCUT2D eigenvalue weighted by atomic mass is 35.5. The van der Waals surface area contributed by atoms with E-state index in [4.69, 9.17) is 25.7 Å². The molecule has 1 aliphatic carbocycles. The summed E-state index contributed by atoms with van der Waals surface area (Å²) in [5.74, 6) is -0.993. The topological polar surface area (TPSA) is 143 Å². The first kappa shape index (κ1) is 39.9. The van der Waals surface area contributed by atoms with Crippen LogP contribution in [0.1, 0.15) is 99.9 Å². The Morgan fingerprint density at radius 2 is 1.62 bits per heavy atom. The molecule has 0 spiro atoms. The van der Waals surface area contributed by atoms with Crippen LogP contribution in [-0.4, -0.2) is 90.2 Å². The van der Waals surface area contributed by atoms with Crippen LogP contribution in [0.4, 0.5) is 5.95 Å². The average Bonchev–Trinajstić information content (AvgIpc) is 3.76. The Bertz CT molecular complexity index is 2260. The molecule has 1 unspecified atom stereocenters. The van der Waals surface area contributed by atoms with Gasteiger partial charge in [-0.3, -0.25) is 24.1 Å². The fraction of sp³-hybridized carbons (Fsp3) is 0.409. The first-order valence-corrected chi connectivity index (χ1v) is 23.3. The van der Waals surface area contributed by atoms with Gasteiger partial charge in [0.2, 0.25) is 11.9 Å². The summed E-state index contributed by atoms with van der Waals surface area (Å²) in [5, 5.41) is 6.94. The molecule has 1 saturated heterocycles. The van der Waals surface area contributed by atoms with Crippen LogP contribution in [0.5, 0.6) is 0 Å². The Kier molecular flexibility index (Phi) is 10.8. The largest absolute Gasteiger partial charge is 0.411 e. The van der Waals surface area contributed by atoms with Gasteiger partial charge in [-0.05, 0) is 72.3 Å².